The Balaban J connectivity index is 4.12. The van der Waals surface area contributed by atoms with E-state index in [0.29, 0.717) is 11.8 Å². The maximum Gasteiger partial charge on any atom is 0.133 e. The number of aliphatic hydroxyl groups excluding tert-OH is 1. The summed E-state index contributed by atoms with van der Waals surface area (Å²) in [4.78, 5) is 11.3. The van der Waals surface area contributed by atoms with E-state index in [1.807, 2.05) is 0 Å². The molecule has 0 saturated heterocycles. The second-order valence-electron chi connectivity index (χ2n) is 4.22. The Labute approximate surface area is 81.3 Å². The molecule has 0 rings (SSSR count). The Hall–Kier alpha value is -0.370. The summed E-state index contributed by atoms with van der Waals surface area (Å²) in [5.74, 6) is 1.24. The van der Waals surface area contributed by atoms with Crippen LogP contribution in [0, 0.1) is 17.8 Å². The van der Waals surface area contributed by atoms with Crippen LogP contribution in [-0.2, 0) is 4.79 Å². The number of Topliss-reactive ketones (excluding diaryl/α,β-unsaturated/α-hetero) is 1. The van der Waals surface area contributed by atoms with E-state index < -0.39 is 0 Å². The molecule has 2 heteroatoms. The van der Waals surface area contributed by atoms with Crippen LogP contribution in [0.2, 0.25) is 0 Å². The van der Waals surface area contributed by atoms with E-state index in [4.69, 9.17) is 5.11 Å². The van der Waals surface area contributed by atoms with E-state index >= 15 is 0 Å². The number of carbonyl (C=O) groups is 1. The van der Waals surface area contributed by atoms with Crippen LogP contribution >= 0.6 is 0 Å². The van der Waals surface area contributed by atoms with E-state index in [9.17, 15) is 4.79 Å². The van der Waals surface area contributed by atoms with E-state index in [2.05, 4.69) is 20.8 Å². The summed E-state index contributed by atoms with van der Waals surface area (Å²) < 4.78 is 0. The molecule has 0 radical (unpaired) electrons. The van der Waals surface area contributed by atoms with Gasteiger partial charge in [0.2, 0.25) is 0 Å². The molecule has 0 heterocycles. The number of rotatable bonds is 6. The molecular weight excluding hydrogens is 164 g/mol. The summed E-state index contributed by atoms with van der Waals surface area (Å²) in [5.41, 5.74) is 0. The standard InChI is InChI=1S/C11H22O2/c1-8(2)11(10(4)13)9(3)6-5-7-12/h8-9,11-12H,5-7H2,1-4H3. The molecule has 0 aromatic heterocycles. The molecule has 0 saturated carbocycles. The monoisotopic (exact) mass is 186 g/mol. The first-order chi connectivity index (χ1) is 6.00. The van der Waals surface area contributed by atoms with E-state index in [-0.39, 0.29) is 18.3 Å². The number of aliphatic hydroxyl groups is 1. The number of hydrogen-bond donors (Lipinski definition) is 1. The minimum atomic E-state index is 0.159. The van der Waals surface area contributed by atoms with Gasteiger partial charge in [-0.3, -0.25) is 4.79 Å². The van der Waals surface area contributed by atoms with Gasteiger partial charge in [0.25, 0.3) is 0 Å². The first-order valence-electron chi connectivity index (χ1n) is 5.12. The number of hydrogen-bond acceptors (Lipinski definition) is 2. The van der Waals surface area contributed by atoms with Crippen molar-refractivity contribution in [2.24, 2.45) is 17.8 Å². The predicted molar refractivity (Wildman–Crippen MR) is 54.5 cm³/mol. The van der Waals surface area contributed by atoms with Gasteiger partial charge in [0.15, 0.2) is 0 Å². The van der Waals surface area contributed by atoms with Crippen LogP contribution in [0.4, 0.5) is 0 Å². The van der Waals surface area contributed by atoms with Crippen LogP contribution in [0.15, 0.2) is 0 Å². The lowest BCUT2D eigenvalue weighted by atomic mass is 9.79. The first-order valence-corrected chi connectivity index (χ1v) is 5.12. The number of ketones is 1. The highest BCUT2D eigenvalue weighted by Crippen LogP contribution is 2.25. The Kier molecular flexibility index (Phi) is 5.97. The lowest BCUT2D eigenvalue weighted by molar-refractivity contribution is -0.123. The van der Waals surface area contributed by atoms with E-state index in [0.717, 1.165) is 12.8 Å². The zero-order chi connectivity index (χ0) is 10.4. The molecule has 1 N–H and O–H groups in total. The minimum absolute atomic E-state index is 0.159. The molecule has 13 heavy (non-hydrogen) atoms. The fraction of sp³-hybridized carbons (Fsp3) is 0.909. The molecule has 0 bridgehead atoms. The zero-order valence-electron chi connectivity index (χ0n) is 9.21. The van der Waals surface area contributed by atoms with Crippen LogP contribution in [-0.4, -0.2) is 17.5 Å². The quantitative estimate of drug-likeness (QED) is 0.691. The first kappa shape index (κ1) is 12.6. The molecule has 0 aliphatic heterocycles. The van der Waals surface area contributed by atoms with E-state index in [1.54, 1.807) is 6.92 Å². The summed E-state index contributed by atoms with van der Waals surface area (Å²) in [6.07, 6.45) is 1.75. The molecule has 0 amide bonds. The van der Waals surface area contributed by atoms with Crippen molar-refractivity contribution < 1.29 is 9.90 Å². The SMILES string of the molecule is CC(=O)C(C(C)C)C(C)CCCO. The van der Waals surface area contributed by atoms with Gasteiger partial charge in [-0.05, 0) is 31.6 Å². The van der Waals surface area contributed by atoms with Crippen molar-refractivity contribution in [3.8, 4) is 0 Å². The van der Waals surface area contributed by atoms with Gasteiger partial charge in [0.1, 0.15) is 5.78 Å². The molecule has 2 nitrogen and oxygen atoms in total. The van der Waals surface area contributed by atoms with Gasteiger partial charge >= 0.3 is 0 Å². The summed E-state index contributed by atoms with van der Waals surface area (Å²) in [6.45, 7) is 8.16. The summed E-state index contributed by atoms with van der Waals surface area (Å²) in [7, 11) is 0. The summed E-state index contributed by atoms with van der Waals surface area (Å²) in [5, 5.41) is 8.69. The second kappa shape index (κ2) is 6.14. The Morgan fingerprint density at radius 2 is 1.85 bits per heavy atom. The molecule has 0 spiro atoms. The smallest absolute Gasteiger partial charge is 0.133 e. The third-order valence-electron chi connectivity index (χ3n) is 2.62. The predicted octanol–water partition coefficient (Wildman–Crippen LogP) is 2.26. The van der Waals surface area contributed by atoms with Gasteiger partial charge < -0.3 is 5.11 Å². The van der Waals surface area contributed by atoms with E-state index in [1.165, 1.54) is 0 Å². The number of carbonyl (C=O) groups excluding carboxylic acids is 1. The highest BCUT2D eigenvalue weighted by atomic mass is 16.2. The molecule has 0 aliphatic carbocycles. The highest BCUT2D eigenvalue weighted by Gasteiger charge is 2.24. The third-order valence-corrected chi connectivity index (χ3v) is 2.62. The van der Waals surface area contributed by atoms with Gasteiger partial charge in [0, 0.05) is 12.5 Å². The van der Waals surface area contributed by atoms with Crippen LogP contribution in [0.25, 0.3) is 0 Å². The van der Waals surface area contributed by atoms with Crippen molar-refractivity contribution in [1.29, 1.82) is 0 Å². The third kappa shape index (κ3) is 4.41. The van der Waals surface area contributed by atoms with Crippen molar-refractivity contribution in [1.82, 2.24) is 0 Å². The van der Waals surface area contributed by atoms with Gasteiger partial charge in [-0.2, -0.15) is 0 Å². The lowest BCUT2D eigenvalue weighted by Gasteiger charge is -2.24. The van der Waals surface area contributed by atoms with Crippen LogP contribution in [0.3, 0.4) is 0 Å². The molecule has 78 valence electrons. The molecular formula is C11H22O2. The Bertz CT molecular complexity index is 152. The Morgan fingerprint density at radius 1 is 1.31 bits per heavy atom. The van der Waals surface area contributed by atoms with Crippen LogP contribution in [0.1, 0.15) is 40.5 Å². The minimum Gasteiger partial charge on any atom is -0.396 e. The molecule has 0 fully saturated rings. The van der Waals surface area contributed by atoms with Gasteiger partial charge in [-0.1, -0.05) is 20.8 Å². The largest absolute Gasteiger partial charge is 0.396 e. The molecule has 0 aromatic carbocycles. The second-order valence-corrected chi connectivity index (χ2v) is 4.22. The van der Waals surface area contributed by atoms with Gasteiger partial charge in [-0.15, -0.1) is 0 Å². The fourth-order valence-corrected chi connectivity index (χ4v) is 2.12. The maximum absolute atomic E-state index is 11.3. The average molecular weight is 186 g/mol. The molecule has 0 aliphatic rings. The van der Waals surface area contributed by atoms with Gasteiger partial charge in [0.05, 0.1) is 0 Å². The maximum atomic E-state index is 11.3. The molecule has 0 aromatic rings. The van der Waals surface area contributed by atoms with Crippen molar-refractivity contribution in [3.63, 3.8) is 0 Å². The average Bonchev–Trinajstić information content (AvgIpc) is 1.99. The van der Waals surface area contributed by atoms with Crippen LogP contribution < -0.4 is 0 Å². The summed E-state index contributed by atoms with van der Waals surface area (Å²) in [6, 6.07) is 0. The zero-order valence-corrected chi connectivity index (χ0v) is 9.21. The highest BCUT2D eigenvalue weighted by molar-refractivity contribution is 5.78. The fourth-order valence-electron chi connectivity index (χ4n) is 2.12. The normalized spacial score (nSPS) is 15.8. The van der Waals surface area contributed by atoms with Crippen molar-refractivity contribution >= 4 is 5.78 Å². The van der Waals surface area contributed by atoms with Crippen molar-refractivity contribution in [2.75, 3.05) is 6.61 Å². The lowest BCUT2D eigenvalue weighted by Crippen LogP contribution is -2.25. The topological polar surface area (TPSA) is 37.3 Å². The summed E-state index contributed by atoms with van der Waals surface area (Å²) >= 11 is 0. The molecule has 2 atom stereocenters. The van der Waals surface area contributed by atoms with Crippen molar-refractivity contribution in [3.05, 3.63) is 0 Å². The van der Waals surface area contributed by atoms with Gasteiger partial charge in [-0.25, -0.2) is 0 Å². The molecule has 2 unspecified atom stereocenters. The Morgan fingerprint density at radius 3 is 2.15 bits per heavy atom. The van der Waals surface area contributed by atoms with Crippen LogP contribution in [0.5, 0.6) is 0 Å². The van der Waals surface area contributed by atoms with Crippen molar-refractivity contribution in [2.45, 2.75) is 40.5 Å².